The Morgan fingerprint density at radius 1 is 1.21 bits per heavy atom. The van der Waals surface area contributed by atoms with Gasteiger partial charge in [-0.25, -0.2) is 17.6 Å². The van der Waals surface area contributed by atoms with Crippen molar-refractivity contribution in [2.24, 2.45) is 0 Å². The molecule has 0 fully saturated rings. The van der Waals surface area contributed by atoms with Gasteiger partial charge in [-0.2, -0.15) is 0 Å². The van der Waals surface area contributed by atoms with Crippen molar-refractivity contribution in [2.45, 2.75) is 19.9 Å². The largest absolute Gasteiger partial charge is 0.462 e. The number of benzene rings is 2. The number of anilines is 2. The molecule has 2 rings (SSSR count). The average Bonchev–Trinajstić information content (AvgIpc) is 2.62. The number of halogens is 2. The van der Waals surface area contributed by atoms with Crippen LogP contribution in [0.5, 0.6) is 0 Å². The monoisotopic (exact) mass is 442 g/mol. The number of sulfonamides is 1. The van der Waals surface area contributed by atoms with Gasteiger partial charge in [-0.1, -0.05) is 11.6 Å². The van der Waals surface area contributed by atoms with E-state index >= 15 is 0 Å². The normalized spacial score (nSPS) is 12.2. The Labute approximate surface area is 173 Å². The molecule has 0 bridgehead atoms. The van der Waals surface area contributed by atoms with Crippen LogP contribution in [0, 0.1) is 5.82 Å². The Hall–Kier alpha value is -2.65. The standard InChI is InChI=1S/C19H20ClFN2O5S/c1-4-28-19(25)16-10-7-14(11-17(16)20)22-18(24)12(2)23(29(3,26)27)15-8-5-13(21)6-9-15/h5-12H,4H2,1-3H3,(H,22,24)/t12-/m0/s1. The molecule has 0 radical (unpaired) electrons. The zero-order valence-corrected chi connectivity index (χ0v) is 17.6. The Kier molecular flexibility index (Phi) is 7.21. The molecule has 0 spiro atoms. The highest BCUT2D eigenvalue weighted by Gasteiger charge is 2.29. The van der Waals surface area contributed by atoms with E-state index in [1.807, 2.05) is 0 Å². The Balaban J connectivity index is 2.25. The van der Waals surface area contributed by atoms with Crippen molar-refractivity contribution in [2.75, 3.05) is 22.5 Å². The molecule has 0 saturated heterocycles. The van der Waals surface area contributed by atoms with Gasteiger partial charge in [0.1, 0.15) is 11.9 Å². The second-order valence-corrected chi connectivity index (χ2v) is 8.38. The number of nitrogens with zero attached hydrogens (tertiary/aromatic N) is 1. The first-order valence-corrected chi connectivity index (χ1v) is 10.8. The Morgan fingerprint density at radius 2 is 1.83 bits per heavy atom. The molecule has 0 aliphatic carbocycles. The van der Waals surface area contributed by atoms with Crippen molar-refractivity contribution in [1.29, 1.82) is 0 Å². The number of carbonyl (C=O) groups is 2. The van der Waals surface area contributed by atoms with Crippen molar-refractivity contribution in [1.82, 2.24) is 0 Å². The van der Waals surface area contributed by atoms with Crippen LogP contribution < -0.4 is 9.62 Å². The summed E-state index contributed by atoms with van der Waals surface area (Å²) in [6, 6.07) is 7.81. The second kappa shape index (κ2) is 9.23. The molecule has 0 aliphatic rings. The van der Waals surface area contributed by atoms with Crippen molar-refractivity contribution < 1.29 is 27.1 Å². The van der Waals surface area contributed by atoms with Crippen molar-refractivity contribution in [3.05, 3.63) is 58.9 Å². The van der Waals surface area contributed by atoms with E-state index in [0.717, 1.165) is 22.7 Å². The predicted octanol–water partition coefficient (Wildman–Crippen LogP) is 3.45. The maximum atomic E-state index is 13.2. The third-order valence-electron chi connectivity index (χ3n) is 3.90. The molecule has 0 aliphatic heterocycles. The first-order chi connectivity index (χ1) is 13.5. The molecule has 0 saturated carbocycles. The summed E-state index contributed by atoms with van der Waals surface area (Å²) in [5, 5.41) is 2.63. The number of amides is 1. The summed E-state index contributed by atoms with van der Waals surface area (Å²) in [4.78, 5) is 24.4. The molecule has 2 aromatic carbocycles. The predicted molar refractivity (Wildman–Crippen MR) is 109 cm³/mol. The lowest BCUT2D eigenvalue weighted by molar-refractivity contribution is -0.116. The highest BCUT2D eigenvalue weighted by Crippen LogP contribution is 2.24. The summed E-state index contributed by atoms with van der Waals surface area (Å²) in [5.74, 6) is -1.77. The van der Waals surface area contributed by atoms with E-state index < -0.39 is 33.8 Å². The maximum absolute atomic E-state index is 13.2. The number of ether oxygens (including phenoxy) is 1. The van der Waals surface area contributed by atoms with E-state index in [-0.39, 0.29) is 28.6 Å². The van der Waals surface area contributed by atoms with Gasteiger partial charge in [-0.15, -0.1) is 0 Å². The van der Waals surface area contributed by atoms with Crippen LogP contribution in [0.25, 0.3) is 0 Å². The van der Waals surface area contributed by atoms with E-state index in [2.05, 4.69) is 5.32 Å². The fourth-order valence-electron chi connectivity index (χ4n) is 2.61. The number of hydrogen-bond acceptors (Lipinski definition) is 5. The van der Waals surface area contributed by atoms with Gasteiger partial charge in [0, 0.05) is 5.69 Å². The summed E-state index contributed by atoms with van der Waals surface area (Å²) in [7, 11) is -3.84. The lowest BCUT2D eigenvalue weighted by Gasteiger charge is -2.28. The molecule has 1 amide bonds. The Bertz CT molecular complexity index is 1010. The minimum atomic E-state index is -3.84. The molecule has 0 aromatic heterocycles. The highest BCUT2D eigenvalue weighted by atomic mass is 35.5. The van der Waals surface area contributed by atoms with Crippen LogP contribution in [0.4, 0.5) is 15.8 Å². The first kappa shape index (κ1) is 22.6. The van der Waals surface area contributed by atoms with Gasteiger partial charge in [0.25, 0.3) is 0 Å². The van der Waals surface area contributed by atoms with E-state index in [1.54, 1.807) is 6.92 Å². The van der Waals surface area contributed by atoms with Crippen molar-refractivity contribution in [3.63, 3.8) is 0 Å². The number of esters is 1. The van der Waals surface area contributed by atoms with Gasteiger partial charge in [-0.3, -0.25) is 9.10 Å². The second-order valence-electron chi connectivity index (χ2n) is 6.12. The van der Waals surface area contributed by atoms with Gasteiger partial charge in [0.05, 0.1) is 29.1 Å². The van der Waals surface area contributed by atoms with E-state index in [9.17, 15) is 22.4 Å². The van der Waals surface area contributed by atoms with Crippen LogP contribution in [-0.2, 0) is 19.6 Å². The molecule has 7 nitrogen and oxygen atoms in total. The quantitative estimate of drug-likeness (QED) is 0.663. The molecule has 0 unspecified atom stereocenters. The summed E-state index contributed by atoms with van der Waals surface area (Å²) in [6.07, 6.45) is 0.950. The van der Waals surface area contributed by atoms with Crippen LogP contribution in [0.2, 0.25) is 5.02 Å². The lowest BCUT2D eigenvalue weighted by atomic mass is 10.2. The lowest BCUT2D eigenvalue weighted by Crippen LogP contribution is -2.45. The smallest absolute Gasteiger partial charge is 0.339 e. The van der Waals surface area contributed by atoms with Crippen LogP contribution in [0.15, 0.2) is 42.5 Å². The molecular formula is C19H20ClFN2O5S. The molecule has 10 heteroatoms. The average molecular weight is 443 g/mol. The number of nitrogens with one attached hydrogen (secondary N) is 1. The fraction of sp³-hybridized carbons (Fsp3) is 0.263. The molecule has 0 heterocycles. The van der Waals surface area contributed by atoms with Crippen LogP contribution in [0.1, 0.15) is 24.2 Å². The summed E-state index contributed by atoms with van der Waals surface area (Å²) >= 11 is 6.07. The third-order valence-corrected chi connectivity index (χ3v) is 5.46. The van der Waals surface area contributed by atoms with Crippen molar-refractivity contribution in [3.8, 4) is 0 Å². The zero-order valence-electron chi connectivity index (χ0n) is 16.0. The van der Waals surface area contributed by atoms with Gasteiger partial charge in [0.15, 0.2) is 0 Å². The SMILES string of the molecule is CCOC(=O)c1ccc(NC(=O)[C@H](C)N(c2ccc(F)cc2)S(C)(=O)=O)cc1Cl. The molecule has 29 heavy (non-hydrogen) atoms. The van der Waals surface area contributed by atoms with Gasteiger partial charge in [-0.05, 0) is 56.3 Å². The number of rotatable bonds is 7. The maximum Gasteiger partial charge on any atom is 0.339 e. The van der Waals surface area contributed by atoms with Gasteiger partial charge in [0.2, 0.25) is 15.9 Å². The third kappa shape index (κ3) is 5.68. The van der Waals surface area contributed by atoms with Crippen molar-refractivity contribution >= 4 is 44.9 Å². The van der Waals surface area contributed by atoms with Crippen LogP contribution in [-0.4, -0.2) is 39.2 Å². The van der Waals surface area contributed by atoms with Crippen LogP contribution in [0.3, 0.4) is 0 Å². The Morgan fingerprint density at radius 3 is 2.34 bits per heavy atom. The minimum absolute atomic E-state index is 0.0763. The zero-order chi connectivity index (χ0) is 21.8. The fourth-order valence-corrected chi connectivity index (χ4v) is 4.04. The van der Waals surface area contributed by atoms with Gasteiger partial charge >= 0.3 is 5.97 Å². The number of carbonyl (C=O) groups excluding carboxylic acids is 2. The first-order valence-electron chi connectivity index (χ1n) is 8.57. The van der Waals surface area contributed by atoms with E-state index in [1.165, 1.54) is 37.3 Å². The molecular weight excluding hydrogens is 423 g/mol. The summed E-state index contributed by atoms with van der Waals surface area (Å²) in [6.45, 7) is 3.25. The molecule has 1 N–H and O–H groups in total. The number of hydrogen-bond donors (Lipinski definition) is 1. The molecule has 2 aromatic rings. The molecule has 1 atom stereocenters. The molecule has 156 valence electrons. The summed E-state index contributed by atoms with van der Waals surface area (Å²) in [5.41, 5.74) is 0.559. The van der Waals surface area contributed by atoms with E-state index in [4.69, 9.17) is 16.3 Å². The minimum Gasteiger partial charge on any atom is -0.462 e. The van der Waals surface area contributed by atoms with Gasteiger partial charge < -0.3 is 10.1 Å². The summed E-state index contributed by atoms with van der Waals surface area (Å²) < 4.78 is 43.4. The van der Waals surface area contributed by atoms with Crippen LogP contribution >= 0.6 is 11.6 Å². The topological polar surface area (TPSA) is 92.8 Å². The highest BCUT2D eigenvalue weighted by molar-refractivity contribution is 7.92. The van der Waals surface area contributed by atoms with E-state index in [0.29, 0.717) is 0 Å².